The maximum atomic E-state index is 13.0. The van der Waals surface area contributed by atoms with E-state index in [0.29, 0.717) is 18.8 Å². The van der Waals surface area contributed by atoms with Gasteiger partial charge < -0.3 is 15.0 Å². The molecule has 0 aliphatic heterocycles. The molecule has 2 amide bonds. The number of rotatable bonds is 10. The highest BCUT2D eigenvalue weighted by Gasteiger charge is 2.26. The van der Waals surface area contributed by atoms with Crippen molar-refractivity contribution in [1.82, 2.24) is 10.2 Å². The summed E-state index contributed by atoms with van der Waals surface area (Å²) in [7, 11) is 0. The number of amides is 2. The monoisotopic (exact) mass is 474 g/mol. The zero-order valence-corrected chi connectivity index (χ0v) is 19.8. The third-order valence-corrected chi connectivity index (χ3v) is 5.57. The van der Waals surface area contributed by atoms with Crippen LogP contribution in [0.4, 0.5) is 0 Å². The van der Waals surface area contributed by atoms with Crippen LogP contribution in [0, 0.1) is 13.8 Å². The van der Waals surface area contributed by atoms with Crippen molar-refractivity contribution in [1.29, 1.82) is 0 Å². The minimum Gasteiger partial charge on any atom is -0.484 e. The molecule has 0 unspecified atom stereocenters. The average Bonchev–Trinajstić information content (AvgIpc) is 2.72. The van der Waals surface area contributed by atoms with E-state index in [2.05, 4.69) is 28.2 Å². The number of nitrogens with zero attached hydrogens (tertiary/aromatic N) is 1. The lowest BCUT2D eigenvalue weighted by molar-refractivity contribution is -0.142. The Morgan fingerprint density at radius 1 is 1.13 bits per heavy atom. The second-order valence-electron chi connectivity index (χ2n) is 7.51. The molecule has 0 fully saturated rings. The lowest BCUT2D eigenvalue weighted by Gasteiger charge is -2.29. The number of hydrogen-bond donors (Lipinski definition) is 1. The zero-order valence-electron chi connectivity index (χ0n) is 18.2. The van der Waals surface area contributed by atoms with Crippen molar-refractivity contribution in [3.8, 4) is 5.75 Å². The second kappa shape index (κ2) is 11.7. The fourth-order valence-electron chi connectivity index (χ4n) is 2.98. The van der Waals surface area contributed by atoms with Crippen molar-refractivity contribution in [3.63, 3.8) is 0 Å². The van der Waals surface area contributed by atoms with Gasteiger partial charge in [0, 0.05) is 17.6 Å². The summed E-state index contributed by atoms with van der Waals surface area (Å²) in [5, 5.41) is 2.92. The predicted molar refractivity (Wildman–Crippen MR) is 123 cm³/mol. The van der Waals surface area contributed by atoms with Crippen molar-refractivity contribution in [2.24, 2.45) is 0 Å². The maximum Gasteiger partial charge on any atom is 0.261 e. The molecule has 0 saturated carbocycles. The van der Waals surface area contributed by atoms with E-state index in [0.717, 1.165) is 28.4 Å². The molecule has 0 spiro atoms. The number of hydrogen-bond acceptors (Lipinski definition) is 3. The molecule has 1 N–H and O–H groups in total. The van der Waals surface area contributed by atoms with Crippen LogP contribution in [0.5, 0.6) is 5.75 Å². The van der Waals surface area contributed by atoms with Crippen LogP contribution in [-0.2, 0) is 16.1 Å². The molecule has 0 heterocycles. The molecular formula is C24H31BrN2O3. The Balaban J connectivity index is 2.12. The largest absolute Gasteiger partial charge is 0.484 e. The molecule has 30 heavy (non-hydrogen) atoms. The minimum absolute atomic E-state index is 0.122. The average molecular weight is 475 g/mol. The third kappa shape index (κ3) is 7.17. The van der Waals surface area contributed by atoms with Gasteiger partial charge in [-0.3, -0.25) is 9.59 Å². The number of carbonyl (C=O) groups is 2. The molecule has 0 aliphatic carbocycles. The highest BCUT2D eigenvalue weighted by Crippen LogP contribution is 2.18. The Kier molecular flexibility index (Phi) is 9.37. The molecule has 0 aliphatic rings. The van der Waals surface area contributed by atoms with E-state index in [-0.39, 0.29) is 18.4 Å². The molecular weight excluding hydrogens is 444 g/mol. The van der Waals surface area contributed by atoms with Crippen LogP contribution in [0.15, 0.2) is 46.9 Å². The molecule has 0 bridgehead atoms. The Hall–Kier alpha value is -2.34. The van der Waals surface area contributed by atoms with Gasteiger partial charge in [-0.05, 0) is 68.1 Å². The molecule has 5 nitrogen and oxygen atoms in total. The quantitative estimate of drug-likeness (QED) is 0.504. The van der Waals surface area contributed by atoms with Gasteiger partial charge in [-0.25, -0.2) is 0 Å². The number of halogens is 1. The SMILES string of the molecule is CCCCNC(=O)[C@H](C)N(Cc1cccc(Br)c1)C(=O)COc1ccc(C)c(C)c1. The summed E-state index contributed by atoms with van der Waals surface area (Å²) in [5.41, 5.74) is 3.22. The molecule has 2 aromatic carbocycles. The van der Waals surface area contributed by atoms with Crippen LogP contribution in [0.25, 0.3) is 0 Å². The number of aryl methyl sites for hydroxylation is 2. The van der Waals surface area contributed by atoms with Crippen LogP contribution in [0.2, 0.25) is 0 Å². The van der Waals surface area contributed by atoms with E-state index in [1.807, 2.05) is 56.3 Å². The van der Waals surface area contributed by atoms with Gasteiger partial charge in [0.1, 0.15) is 11.8 Å². The van der Waals surface area contributed by atoms with Crippen LogP contribution >= 0.6 is 15.9 Å². The summed E-state index contributed by atoms with van der Waals surface area (Å²) in [6.45, 7) is 8.68. The molecule has 0 radical (unpaired) electrons. The number of nitrogens with one attached hydrogen (secondary N) is 1. The Bertz CT molecular complexity index is 869. The smallest absolute Gasteiger partial charge is 0.261 e. The van der Waals surface area contributed by atoms with Crippen molar-refractivity contribution in [2.45, 2.75) is 53.1 Å². The van der Waals surface area contributed by atoms with E-state index in [4.69, 9.17) is 4.74 Å². The van der Waals surface area contributed by atoms with Crippen LogP contribution in [-0.4, -0.2) is 35.9 Å². The lowest BCUT2D eigenvalue weighted by atomic mass is 10.1. The number of unbranched alkanes of at least 4 members (excludes halogenated alkanes) is 1. The minimum atomic E-state index is -0.600. The number of carbonyl (C=O) groups excluding carboxylic acids is 2. The van der Waals surface area contributed by atoms with Gasteiger partial charge in [0.2, 0.25) is 5.91 Å². The first kappa shape index (κ1) is 23.9. The van der Waals surface area contributed by atoms with E-state index in [1.54, 1.807) is 11.8 Å². The summed E-state index contributed by atoms with van der Waals surface area (Å²) < 4.78 is 6.67. The van der Waals surface area contributed by atoms with Gasteiger partial charge in [-0.2, -0.15) is 0 Å². The molecule has 0 aromatic heterocycles. The van der Waals surface area contributed by atoms with Gasteiger partial charge in [-0.15, -0.1) is 0 Å². The summed E-state index contributed by atoms with van der Waals surface area (Å²) in [4.78, 5) is 27.2. The topological polar surface area (TPSA) is 58.6 Å². The van der Waals surface area contributed by atoms with Gasteiger partial charge in [0.25, 0.3) is 5.91 Å². The molecule has 6 heteroatoms. The lowest BCUT2D eigenvalue weighted by Crippen LogP contribution is -2.49. The van der Waals surface area contributed by atoms with E-state index < -0.39 is 6.04 Å². The number of ether oxygens (including phenoxy) is 1. The maximum absolute atomic E-state index is 13.0. The van der Waals surface area contributed by atoms with Crippen molar-refractivity contribution in [2.75, 3.05) is 13.2 Å². The van der Waals surface area contributed by atoms with E-state index >= 15 is 0 Å². The highest BCUT2D eigenvalue weighted by atomic mass is 79.9. The molecule has 0 saturated heterocycles. The van der Waals surface area contributed by atoms with Crippen LogP contribution < -0.4 is 10.1 Å². The summed E-state index contributed by atoms with van der Waals surface area (Å²) in [5.74, 6) is 0.262. The highest BCUT2D eigenvalue weighted by molar-refractivity contribution is 9.10. The first-order valence-electron chi connectivity index (χ1n) is 10.3. The van der Waals surface area contributed by atoms with Crippen molar-refractivity contribution >= 4 is 27.7 Å². The van der Waals surface area contributed by atoms with Gasteiger partial charge in [-0.1, -0.05) is 47.5 Å². The normalized spacial score (nSPS) is 11.6. The first-order chi connectivity index (χ1) is 14.3. The predicted octanol–water partition coefficient (Wildman–Crippen LogP) is 4.78. The van der Waals surface area contributed by atoms with Crippen molar-refractivity contribution in [3.05, 3.63) is 63.6 Å². The molecule has 2 aromatic rings. The van der Waals surface area contributed by atoms with Gasteiger partial charge in [0.15, 0.2) is 6.61 Å². The Morgan fingerprint density at radius 2 is 1.90 bits per heavy atom. The van der Waals surface area contributed by atoms with Crippen LogP contribution in [0.3, 0.4) is 0 Å². The Labute approximate surface area is 187 Å². The summed E-state index contributed by atoms with van der Waals surface area (Å²) in [6, 6.07) is 12.9. The molecule has 1 atom stereocenters. The Morgan fingerprint density at radius 3 is 2.57 bits per heavy atom. The fraction of sp³-hybridized carbons (Fsp3) is 0.417. The van der Waals surface area contributed by atoms with Gasteiger partial charge in [0.05, 0.1) is 0 Å². The second-order valence-corrected chi connectivity index (χ2v) is 8.42. The molecule has 2 rings (SSSR count). The van der Waals surface area contributed by atoms with Crippen LogP contribution in [0.1, 0.15) is 43.4 Å². The summed E-state index contributed by atoms with van der Waals surface area (Å²) >= 11 is 3.46. The van der Waals surface area contributed by atoms with Crippen molar-refractivity contribution < 1.29 is 14.3 Å². The first-order valence-corrected chi connectivity index (χ1v) is 11.1. The third-order valence-electron chi connectivity index (χ3n) is 5.08. The zero-order chi connectivity index (χ0) is 22.1. The van der Waals surface area contributed by atoms with Gasteiger partial charge >= 0.3 is 0 Å². The molecule has 162 valence electrons. The fourth-order valence-corrected chi connectivity index (χ4v) is 3.43. The van der Waals surface area contributed by atoms with E-state index in [1.165, 1.54) is 5.56 Å². The standard InChI is InChI=1S/C24H31BrN2O3/c1-5-6-12-26-24(29)19(4)27(15-20-8-7-9-21(25)14-20)23(28)16-30-22-11-10-17(2)18(3)13-22/h7-11,13-14,19H,5-6,12,15-16H2,1-4H3,(H,26,29)/t19-/m0/s1. The summed E-state index contributed by atoms with van der Waals surface area (Å²) in [6.07, 6.45) is 1.91. The van der Waals surface area contributed by atoms with E-state index in [9.17, 15) is 9.59 Å². The number of benzene rings is 2.